The van der Waals surface area contributed by atoms with Crippen LogP contribution >= 0.6 is 12.6 Å². The molecular formula is C4H3NO2S. The van der Waals surface area contributed by atoms with Gasteiger partial charge in [-0.25, -0.2) is 4.79 Å². The summed E-state index contributed by atoms with van der Waals surface area (Å²) in [5.41, 5.74) is 0. The number of rotatable bonds is 1. The van der Waals surface area contributed by atoms with E-state index in [1.165, 1.54) is 0 Å². The molecule has 0 aliphatic heterocycles. The lowest BCUT2D eigenvalue weighted by molar-refractivity contribution is -0.113. The van der Waals surface area contributed by atoms with Gasteiger partial charge in [0.2, 0.25) is 6.08 Å². The molecule has 0 saturated carbocycles. The highest BCUT2D eigenvalue weighted by atomic mass is 32.1. The number of hydrogen-bond donors (Lipinski definition) is 1. The quantitative estimate of drug-likeness (QED) is 0.239. The Balaban J connectivity index is 4.05. The fourth-order valence-corrected chi connectivity index (χ4v) is 0.156. The second-order valence-corrected chi connectivity index (χ2v) is 1.49. The first-order valence-electron chi connectivity index (χ1n) is 1.68. The number of isocyanates is 1. The van der Waals surface area contributed by atoms with Crippen molar-refractivity contribution < 1.29 is 9.59 Å². The minimum absolute atomic E-state index is 0.0617. The van der Waals surface area contributed by atoms with Gasteiger partial charge in [-0.2, -0.15) is 0 Å². The lowest BCUT2D eigenvalue weighted by atomic mass is 10.6. The molecule has 0 rings (SSSR count). The molecule has 0 saturated heterocycles. The van der Waals surface area contributed by atoms with Crippen LogP contribution < -0.4 is 0 Å². The predicted molar refractivity (Wildman–Crippen MR) is 31.3 cm³/mol. The van der Waals surface area contributed by atoms with Crippen LogP contribution in [-0.2, 0) is 9.59 Å². The third kappa shape index (κ3) is 2.34. The Kier molecular flexibility index (Phi) is 2.84. The SMILES string of the molecule is C=C(S)C(=O)N=C=O. The van der Waals surface area contributed by atoms with Gasteiger partial charge in [-0.1, -0.05) is 6.58 Å². The Labute approximate surface area is 51.5 Å². The maximum Gasteiger partial charge on any atom is 0.293 e. The molecule has 1 amide bonds. The van der Waals surface area contributed by atoms with Crippen molar-refractivity contribution in [3.8, 4) is 0 Å². The van der Waals surface area contributed by atoms with Crippen LogP contribution in [0.2, 0.25) is 0 Å². The normalized spacial score (nSPS) is 7.12. The monoisotopic (exact) mass is 129 g/mol. The van der Waals surface area contributed by atoms with Gasteiger partial charge in [0.05, 0.1) is 4.91 Å². The van der Waals surface area contributed by atoms with E-state index in [0.717, 1.165) is 6.08 Å². The molecule has 0 aromatic carbocycles. The van der Waals surface area contributed by atoms with Gasteiger partial charge >= 0.3 is 0 Å². The largest absolute Gasteiger partial charge is 0.293 e. The lowest BCUT2D eigenvalue weighted by Gasteiger charge is -1.79. The maximum absolute atomic E-state index is 10.1. The van der Waals surface area contributed by atoms with Crippen LogP contribution in [0.5, 0.6) is 0 Å². The van der Waals surface area contributed by atoms with Crippen molar-refractivity contribution in [1.82, 2.24) is 0 Å². The number of amides is 1. The van der Waals surface area contributed by atoms with Crippen molar-refractivity contribution >= 4 is 24.6 Å². The molecule has 0 aliphatic rings. The lowest BCUT2D eigenvalue weighted by Crippen LogP contribution is -1.88. The van der Waals surface area contributed by atoms with E-state index in [1.54, 1.807) is 0 Å². The summed E-state index contributed by atoms with van der Waals surface area (Å²) >= 11 is 3.51. The number of carbonyl (C=O) groups excluding carboxylic acids is 2. The van der Waals surface area contributed by atoms with E-state index < -0.39 is 5.91 Å². The van der Waals surface area contributed by atoms with E-state index >= 15 is 0 Å². The molecule has 4 heteroatoms. The smallest absolute Gasteiger partial charge is 0.265 e. The Morgan fingerprint density at radius 2 is 2.25 bits per heavy atom. The first-order valence-corrected chi connectivity index (χ1v) is 2.13. The fraction of sp³-hybridized carbons (Fsp3) is 0. The second kappa shape index (κ2) is 3.18. The van der Waals surface area contributed by atoms with Crippen molar-refractivity contribution in [3.63, 3.8) is 0 Å². The summed E-state index contributed by atoms with van der Waals surface area (Å²) in [7, 11) is 0. The molecule has 0 heterocycles. The van der Waals surface area contributed by atoms with Crippen molar-refractivity contribution in [1.29, 1.82) is 0 Å². The minimum Gasteiger partial charge on any atom is -0.265 e. The Bertz CT molecular complexity index is 165. The van der Waals surface area contributed by atoms with Crippen LogP contribution in [0.3, 0.4) is 0 Å². The first kappa shape index (κ1) is 7.14. The molecule has 0 atom stereocenters. The molecule has 0 radical (unpaired) electrons. The Hall–Kier alpha value is -0.860. The number of thiol groups is 1. The highest BCUT2D eigenvalue weighted by Crippen LogP contribution is 1.95. The number of aliphatic imine (C=N–C) groups is 1. The highest BCUT2D eigenvalue weighted by molar-refractivity contribution is 7.85. The standard InChI is InChI=1S/C4H3NO2S/c1-3(8)4(7)5-2-6/h8H,1H2. The Morgan fingerprint density at radius 3 is 2.38 bits per heavy atom. The highest BCUT2D eigenvalue weighted by Gasteiger charge is 1.96. The van der Waals surface area contributed by atoms with Crippen molar-refractivity contribution in [2.45, 2.75) is 0 Å². The summed E-state index contributed by atoms with van der Waals surface area (Å²) < 4.78 is 0. The maximum atomic E-state index is 10.1. The predicted octanol–water partition coefficient (Wildman–Crippen LogP) is 0.292. The molecule has 42 valence electrons. The van der Waals surface area contributed by atoms with Gasteiger partial charge in [0.25, 0.3) is 5.91 Å². The van der Waals surface area contributed by atoms with Gasteiger partial charge < -0.3 is 0 Å². The average molecular weight is 129 g/mol. The second-order valence-electron chi connectivity index (χ2n) is 0.955. The van der Waals surface area contributed by atoms with Gasteiger partial charge in [-0.05, 0) is 0 Å². The summed E-state index contributed by atoms with van der Waals surface area (Å²) in [5, 5.41) is 0. The molecule has 0 fully saturated rings. The van der Waals surface area contributed by atoms with Crippen LogP contribution in [0, 0.1) is 0 Å². The molecule has 3 nitrogen and oxygen atoms in total. The summed E-state index contributed by atoms with van der Waals surface area (Å²) in [6.07, 6.45) is 1.06. The molecule has 0 spiro atoms. The molecule has 8 heavy (non-hydrogen) atoms. The number of hydrogen-bond acceptors (Lipinski definition) is 3. The van der Waals surface area contributed by atoms with Gasteiger partial charge in [0, 0.05) is 0 Å². The van der Waals surface area contributed by atoms with E-state index in [2.05, 4.69) is 24.2 Å². The number of nitrogens with zero attached hydrogens (tertiary/aromatic N) is 1. The van der Waals surface area contributed by atoms with Crippen molar-refractivity contribution in [3.05, 3.63) is 11.5 Å². The topological polar surface area (TPSA) is 46.5 Å². The Morgan fingerprint density at radius 1 is 1.75 bits per heavy atom. The third-order valence-electron chi connectivity index (χ3n) is 0.394. The van der Waals surface area contributed by atoms with Crippen LogP contribution in [0.4, 0.5) is 0 Å². The van der Waals surface area contributed by atoms with Crippen LogP contribution in [0.1, 0.15) is 0 Å². The average Bonchev–Trinajstić information content (AvgIpc) is 1.67. The first-order chi connectivity index (χ1) is 3.68. The van der Waals surface area contributed by atoms with Gasteiger partial charge in [-0.15, -0.1) is 17.6 Å². The van der Waals surface area contributed by atoms with E-state index in [9.17, 15) is 9.59 Å². The summed E-state index contributed by atoms with van der Waals surface area (Å²) in [5.74, 6) is -0.747. The summed E-state index contributed by atoms with van der Waals surface area (Å²) in [6, 6.07) is 0. The van der Waals surface area contributed by atoms with E-state index in [-0.39, 0.29) is 4.91 Å². The number of carbonyl (C=O) groups is 1. The molecule has 0 unspecified atom stereocenters. The van der Waals surface area contributed by atoms with E-state index in [4.69, 9.17) is 0 Å². The van der Waals surface area contributed by atoms with Gasteiger partial charge in [0.1, 0.15) is 0 Å². The van der Waals surface area contributed by atoms with Gasteiger partial charge in [-0.3, -0.25) is 4.79 Å². The molecule has 0 N–H and O–H groups in total. The van der Waals surface area contributed by atoms with Crippen LogP contribution in [0.25, 0.3) is 0 Å². The zero-order valence-corrected chi connectivity index (χ0v) is 4.81. The zero-order chi connectivity index (χ0) is 6.57. The molecule has 0 aromatic heterocycles. The fourth-order valence-electron chi connectivity index (χ4n) is 0.106. The van der Waals surface area contributed by atoms with Crippen LogP contribution in [0.15, 0.2) is 16.5 Å². The minimum atomic E-state index is -0.747. The summed E-state index contributed by atoms with van der Waals surface area (Å²) in [6.45, 7) is 3.12. The van der Waals surface area contributed by atoms with Gasteiger partial charge in [0.15, 0.2) is 0 Å². The van der Waals surface area contributed by atoms with Crippen molar-refractivity contribution in [2.75, 3.05) is 0 Å². The summed E-state index contributed by atoms with van der Waals surface area (Å²) in [4.78, 5) is 22.1. The zero-order valence-electron chi connectivity index (χ0n) is 3.92. The molecule has 0 bridgehead atoms. The van der Waals surface area contributed by atoms with E-state index in [1.807, 2.05) is 0 Å². The molecule has 0 aliphatic carbocycles. The molecular weight excluding hydrogens is 126 g/mol. The van der Waals surface area contributed by atoms with E-state index in [0.29, 0.717) is 0 Å². The van der Waals surface area contributed by atoms with Crippen LogP contribution in [-0.4, -0.2) is 12.0 Å². The molecule has 0 aromatic rings. The van der Waals surface area contributed by atoms with Crippen molar-refractivity contribution in [2.24, 2.45) is 4.99 Å². The third-order valence-corrected chi connectivity index (χ3v) is 0.585.